The van der Waals surface area contributed by atoms with Gasteiger partial charge in [0.15, 0.2) is 11.6 Å². The second kappa shape index (κ2) is 10.3. The van der Waals surface area contributed by atoms with Crippen molar-refractivity contribution in [2.24, 2.45) is 0 Å². The quantitative estimate of drug-likeness (QED) is 0.332. The van der Waals surface area contributed by atoms with Gasteiger partial charge in [-0.1, -0.05) is 36.4 Å². The van der Waals surface area contributed by atoms with Crippen LogP contribution in [0.15, 0.2) is 85.3 Å². The van der Waals surface area contributed by atoms with E-state index in [4.69, 9.17) is 4.74 Å². The molecule has 0 aliphatic carbocycles. The minimum absolute atomic E-state index is 0.0180. The van der Waals surface area contributed by atoms with Crippen LogP contribution in [0.4, 0.5) is 10.2 Å². The second-order valence-corrected chi connectivity index (χ2v) is 7.92. The lowest BCUT2D eigenvalue weighted by atomic mass is 10.1. The number of aliphatic hydroxyl groups excluding tert-OH is 1. The second-order valence-electron chi connectivity index (χ2n) is 7.92. The molecule has 2 aromatic carbocycles. The number of halogens is 1. The van der Waals surface area contributed by atoms with Crippen LogP contribution < -0.4 is 10.1 Å². The molecule has 0 aliphatic heterocycles. The van der Waals surface area contributed by atoms with Gasteiger partial charge in [-0.3, -0.25) is 0 Å². The number of anilines is 1. The highest BCUT2D eigenvalue weighted by Gasteiger charge is 2.16. The first-order valence-corrected chi connectivity index (χ1v) is 11.3. The molecule has 180 valence electrons. The Bertz CT molecular complexity index is 1500. The van der Waals surface area contributed by atoms with Gasteiger partial charge in [-0.05, 0) is 41.5 Å². The van der Waals surface area contributed by atoms with E-state index < -0.39 is 5.82 Å². The van der Waals surface area contributed by atoms with Gasteiger partial charge in [0.25, 0.3) is 0 Å². The molecule has 0 saturated carbocycles. The largest absolute Gasteiger partial charge is 0.496 e. The van der Waals surface area contributed by atoms with Crippen molar-refractivity contribution < 1.29 is 14.2 Å². The Balaban J connectivity index is 1.38. The number of nitrogens with one attached hydrogen (secondary N) is 1. The first-order valence-electron chi connectivity index (χ1n) is 11.3. The molecule has 0 bridgehead atoms. The normalized spacial score (nSPS) is 10.9. The molecule has 0 atom stereocenters. The SMILES string of the molecule is COc1cccc(F)c1-c1nccc(-c2cnn(-c3cccc(NCc4ccccc4CO)n3)c2)n1. The number of aromatic nitrogens is 5. The topological polar surface area (TPSA) is 98.0 Å². The van der Waals surface area contributed by atoms with Crippen LogP contribution in [0.2, 0.25) is 0 Å². The maximum Gasteiger partial charge on any atom is 0.166 e. The highest BCUT2D eigenvalue weighted by molar-refractivity contribution is 5.68. The van der Waals surface area contributed by atoms with E-state index in [0.29, 0.717) is 29.6 Å². The van der Waals surface area contributed by atoms with Gasteiger partial charge in [0.1, 0.15) is 17.4 Å². The van der Waals surface area contributed by atoms with Crippen molar-refractivity contribution in [2.45, 2.75) is 13.2 Å². The van der Waals surface area contributed by atoms with Crippen LogP contribution >= 0.6 is 0 Å². The van der Waals surface area contributed by atoms with Crippen molar-refractivity contribution in [2.75, 3.05) is 12.4 Å². The maximum absolute atomic E-state index is 14.5. The monoisotopic (exact) mass is 482 g/mol. The third-order valence-electron chi connectivity index (χ3n) is 5.67. The summed E-state index contributed by atoms with van der Waals surface area (Å²) in [5.74, 6) is 1.41. The summed E-state index contributed by atoms with van der Waals surface area (Å²) in [5.41, 5.74) is 3.39. The third kappa shape index (κ3) is 4.77. The number of pyridine rings is 1. The lowest BCUT2D eigenvalue weighted by molar-refractivity contribution is 0.280. The standard InChI is InChI=1S/C27H23FN6O2/c1-36-23-9-4-8-21(28)26(23)27-29-13-12-22(32-27)20-15-31-34(16-20)25-11-5-10-24(33-25)30-14-18-6-2-3-7-19(18)17-35/h2-13,15-16,35H,14,17H2,1H3,(H,30,33). The van der Waals surface area contributed by atoms with Crippen molar-refractivity contribution in [3.8, 4) is 34.2 Å². The summed E-state index contributed by atoms with van der Waals surface area (Å²) >= 11 is 0. The Morgan fingerprint density at radius 1 is 0.972 bits per heavy atom. The van der Waals surface area contributed by atoms with E-state index in [9.17, 15) is 9.50 Å². The van der Waals surface area contributed by atoms with Gasteiger partial charge in [-0.25, -0.2) is 24.0 Å². The highest BCUT2D eigenvalue weighted by Crippen LogP contribution is 2.31. The summed E-state index contributed by atoms with van der Waals surface area (Å²) in [7, 11) is 1.48. The lowest BCUT2D eigenvalue weighted by Crippen LogP contribution is -2.06. The Labute approximate surface area is 207 Å². The zero-order valence-corrected chi connectivity index (χ0v) is 19.5. The fourth-order valence-corrected chi connectivity index (χ4v) is 3.83. The zero-order valence-electron chi connectivity index (χ0n) is 19.5. The molecule has 0 unspecified atom stereocenters. The summed E-state index contributed by atoms with van der Waals surface area (Å²) in [4.78, 5) is 13.4. The lowest BCUT2D eigenvalue weighted by Gasteiger charge is -2.10. The van der Waals surface area contributed by atoms with E-state index in [0.717, 1.165) is 16.7 Å². The first kappa shape index (κ1) is 23.1. The smallest absolute Gasteiger partial charge is 0.166 e. The van der Waals surface area contributed by atoms with Crippen molar-refractivity contribution in [3.05, 3.63) is 102 Å². The molecule has 9 heteroatoms. The van der Waals surface area contributed by atoms with Crippen LogP contribution in [-0.4, -0.2) is 36.9 Å². The van der Waals surface area contributed by atoms with Crippen molar-refractivity contribution in [1.82, 2.24) is 24.7 Å². The van der Waals surface area contributed by atoms with E-state index in [2.05, 4.69) is 25.4 Å². The molecule has 0 spiro atoms. The van der Waals surface area contributed by atoms with Crippen molar-refractivity contribution in [3.63, 3.8) is 0 Å². The van der Waals surface area contributed by atoms with Crippen LogP contribution in [-0.2, 0) is 13.2 Å². The minimum atomic E-state index is -0.461. The Hall–Kier alpha value is -4.63. The third-order valence-corrected chi connectivity index (χ3v) is 5.67. The molecule has 8 nitrogen and oxygen atoms in total. The predicted octanol–water partition coefficient (Wildman–Crippen LogP) is 4.64. The Morgan fingerprint density at radius 2 is 1.81 bits per heavy atom. The first-order chi connectivity index (χ1) is 17.7. The van der Waals surface area contributed by atoms with Crippen LogP contribution in [0.5, 0.6) is 5.75 Å². The van der Waals surface area contributed by atoms with Gasteiger partial charge in [0.05, 0.1) is 31.2 Å². The number of nitrogens with zero attached hydrogens (tertiary/aromatic N) is 5. The maximum atomic E-state index is 14.5. The molecule has 0 fully saturated rings. The molecular weight excluding hydrogens is 459 g/mol. The molecule has 0 aliphatic rings. The zero-order chi connectivity index (χ0) is 24.9. The van der Waals surface area contributed by atoms with Gasteiger partial charge >= 0.3 is 0 Å². The van der Waals surface area contributed by atoms with Crippen LogP contribution in [0.25, 0.3) is 28.5 Å². The van der Waals surface area contributed by atoms with E-state index in [1.165, 1.54) is 13.2 Å². The van der Waals surface area contributed by atoms with Gasteiger partial charge in [-0.15, -0.1) is 0 Å². The number of benzene rings is 2. The molecule has 3 aromatic heterocycles. The number of ether oxygens (including phenoxy) is 1. The Kier molecular flexibility index (Phi) is 6.63. The fourth-order valence-electron chi connectivity index (χ4n) is 3.83. The molecule has 5 aromatic rings. The van der Waals surface area contributed by atoms with E-state index in [1.807, 2.05) is 42.5 Å². The van der Waals surface area contributed by atoms with E-state index >= 15 is 0 Å². The predicted molar refractivity (Wildman–Crippen MR) is 134 cm³/mol. The highest BCUT2D eigenvalue weighted by atomic mass is 19.1. The number of methoxy groups -OCH3 is 1. The summed E-state index contributed by atoms with van der Waals surface area (Å²) in [6.45, 7) is 0.511. The van der Waals surface area contributed by atoms with Gasteiger partial charge in [-0.2, -0.15) is 5.10 Å². The molecule has 0 saturated heterocycles. The minimum Gasteiger partial charge on any atom is -0.496 e. The van der Waals surface area contributed by atoms with Crippen LogP contribution in [0, 0.1) is 5.82 Å². The average Bonchev–Trinajstić information content (AvgIpc) is 3.43. The summed E-state index contributed by atoms with van der Waals surface area (Å²) < 4.78 is 21.5. The van der Waals surface area contributed by atoms with Crippen LogP contribution in [0.1, 0.15) is 11.1 Å². The van der Waals surface area contributed by atoms with Crippen LogP contribution in [0.3, 0.4) is 0 Å². The van der Waals surface area contributed by atoms with Gasteiger partial charge < -0.3 is 15.2 Å². The van der Waals surface area contributed by atoms with Gasteiger partial charge in [0, 0.05) is 24.5 Å². The molecule has 3 heterocycles. The molecule has 2 N–H and O–H groups in total. The number of aliphatic hydroxyl groups is 1. The molecule has 0 radical (unpaired) electrons. The molecular formula is C27H23FN6O2. The van der Waals surface area contributed by atoms with Crippen molar-refractivity contribution in [1.29, 1.82) is 0 Å². The van der Waals surface area contributed by atoms with Crippen molar-refractivity contribution >= 4 is 5.82 Å². The summed E-state index contributed by atoms with van der Waals surface area (Å²) in [6, 6.07) is 19.6. The fraction of sp³-hybridized carbons (Fsp3) is 0.111. The molecule has 5 rings (SSSR count). The van der Waals surface area contributed by atoms with E-state index in [-0.39, 0.29) is 18.0 Å². The summed E-state index contributed by atoms with van der Waals surface area (Å²) in [5, 5.41) is 17.3. The number of hydrogen-bond donors (Lipinski definition) is 2. The van der Waals surface area contributed by atoms with Gasteiger partial charge in [0.2, 0.25) is 0 Å². The number of hydrogen-bond acceptors (Lipinski definition) is 7. The average molecular weight is 483 g/mol. The number of rotatable bonds is 8. The van der Waals surface area contributed by atoms with E-state index in [1.54, 1.807) is 41.5 Å². The molecule has 36 heavy (non-hydrogen) atoms. The summed E-state index contributed by atoms with van der Waals surface area (Å²) in [6.07, 6.45) is 5.05. The molecule has 0 amide bonds. The Morgan fingerprint density at radius 3 is 2.64 bits per heavy atom.